The van der Waals surface area contributed by atoms with Gasteiger partial charge in [-0.1, -0.05) is 44.2 Å². The SMILES string of the molecule is CCc1cccc(CC)c1NC(=O)C1(C(=O)NCc2ccc(F)cc2)CC1. The Hall–Kier alpha value is -2.69. The molecule has 2 N–H and O–H groups in total. The first-order chi connectivity index (χ1) is 13.0. The largest absolute Gasteiger partial charge is 0.351 e. The van der Waals surface area contributed by atoms with Crippen molar-refractivity contribution >= 4 is 17.5 Å². The van der Waals surface area contributed by atoms with Crippen LogP contribution < -0.4 is 10.6 Å². The number of anilines is 1. The van der Waals surface area contributed by atoms with Crippen molar-refractivity contribution in [2.24, 2.45) is 5.41 Å². The molecule has 2 aromatic rings. The highest BCUT2D eigenvalue weighted by atomic mass is 19.1. The summed E-state index contributed by atoms with van der Waals surface area (Å²) in [4.78, 5) is 25.6. The highest BCUT2D eigenvalue weighted by molar-refractivity contribution is 6.13. The highest BCUT2D eigenvalue weighted by Crippen LogP contribution is 2.47. The molecule has 0 unspecified atom stereocenters. The monoisotopic (exact) mass is 368 g/mol. The van der Waals surface area contributed by atoms with Crippen LogP contribution in [0.2, 0.25) is 0 Å². The zero-order chi connectivity index (χ0) is 19.4. The van der Waals surface area contributed by atoms with E-state index in [1.165, 1.54) is 12.1 Å². The lowest BCUT2D eigenvalue weighted by Gasteiger charge is -2.19. The molecule has 3 rings (SSSR count). The molecule has 1 aliphatic rings. The van der Waals surface area contributed by atoms with Crippen LogP contribution in [0.15, 0.2) is 42.5 Å². The van der Waals surface area contributed by atoms with E-state index in [4.69, 9.17) is 0 Å². The van der Waals surface area contributed by atoms with Crippen LogP contribution in [0.1, 0.15) is 43.4 Å². The minimum atomic E-state index is -0.994. The molecule has 1 fully saturated rings. The summed E-state index contributed by atoms with van der Waals surface area (Å²) in [6, 6.07) is 12.0. The molecule has 1 aliphatic carbocycles. The molecule has 0 spiro atoms. The molecule has 0 saturated heterocycles. The molecule has 2 aromatic carbocycles. The normalized spacial score (nSPS) is 14.5. The zero-order valence-electron chi connectivity index (χ0n) is 15.8. The lowest BCUT2D eigenvalue weighted by atomic mass is 10.0. The van der Waals surface area contributed by atoms with Gasteiger partial charge in [-0.25, -0.2) is 4.39 Å². The molecule has 0 aromatic heterocycles. The number of nitrogens with one attached hydrogen (secondary N) is 2. The molecule has 2 amide bonds. The van der Waals surface area contributed by atoms with Crippen molar-refractivity contribution in [1.82, 2.24) is 5.32 Å². The van der Waals surface area contributed by atoms with E-state index in [1.807, 2.05) is 32.0 Å². The molecule has 0 aliphatic heterocycles. The van der Waals surface area contributed by atoms with Crippen LogP contribution in [0.5, 0.6) is 0 Å². The topological polar surface area (TPSA) is 58.2 Å². The van der Waals surface area contributed by atoms with Gasteiger partial charge in [-0.2, -0.15) is 0 Å². The maximum absolute atomic E-state index is 13.0. The fraction of sp³-hybridized carbons (Fsp3) is 0.364. The van der Waals surface area contributed by atoms with E-state index in [-0.39, 0.29) is 24.2 Å². The number of hydrogen-bond donors (Lipinski definition) is 2. The lowest BCUT2D eigenvalue weighted by Crippen LogP contribution is -2.40. The molecule has 0 atom stereocenters. The van der Waals surface area contributed by atoms with Crippen molar-refractivity contribution in [3.05, 3.63) is 65.0 Å². The van der Waals surface area contributed by atoms with E-state index in [9.17, 15) is 14.0 Å². The molecule has 0 heterocycles. The van der Waals surface area contributed by atoms with Crippen LogP contribution in [-0.2, 0) is 29.0 Å². The Balaban J connectivity index is 1.69. The number of aryl methyl sites for hydroxylation is 2. The van der Waals surface area contributed by atoms with E-state index < -0.39 is 5.41 Å². The van der Waals surface area contributed by atoms with Crippen LogP contribution in [0.4, 0.5) is 10.1 Å². The number of benzene rings is 2. The Kier molecular flexibility index (Phi) is 5.59. The van der Waals surface area contributed by atoms with Gasteiger partial charge in [0.25, 0.3) is 0 Å². The van der Waals surface area contributed by atoms with Crippen molar-refractivity contribution in [3.63, 3.8) is 0 Å². The van der Waals surface area contributed by atoms with E-state index >= 15 is 0 Å². The number of carbonyl (C=O) groups excluding carboxylic acids is 2. The predicted molar refractivity (Wildman–Crippen MR) is 104 cm³/mol. The Morgan fingerprint density at radius 2 is 1.56 bits per heavy atom. The molecule has 0 radical (unpaired) electrons. The van der Waals surface area contributed by atoms with Gasteiger partial charge in [0, 0.05) is 12.2 Å². The summed E-state index contributed by atoms with van der Waals surface area (Å²) in [5.74, 6) is -0.824. The number of carbonyl (C=O) groups is 2. The van der Waals surface area contributed by atoms with Gasteiger partial charge in [-0.15, -0.1) is 0 Å². The van der Waals surface area contributed by atoms with Gasteiger partial charge in [0.05, 0.1) is 0 Å². The summed E-state index contributed by atoms with van der Waals surface area (Å²) in [6.07, 6.45) is 2.72. The van der Waals surface area contributed by atoms with Gasteiger partial charge in [0.1, 0.15) is 11.2 Å². The third-order valence-electron chi connectivity index (χ3n) is 5.22. The number of halogens is 1. The number of amides is 2. The van der Waals surface area contributed by atoms with Gasteiger partial charge < -0.3 is 10.6 Å². The first-order valence-electron chi connectivity index (χ1n) is 9.45. The first kappa shape index (κ1) is 19.1. The Morgan fingerprint density at radius 1 is 0.963 bits per heavy atom. The fourth-order valence-electron chi connectivity index (χ4n) is 3.27. The van der Waals surface area contributed by atoms with Crippen molar-refractivity contribution in [3.8, 4) is 0 Å². The average Bonchev–Trinajstić information content (AvgIpc) is 3.49. The summed E-state index contributed by atoms with van der Waals surface area (Å²) >= 11 is 0. The Bertz CT molecular complexity index is 820. The number of rotatable bonds is 7. The maximum Gasteiger partial charge on any atom is 0.240 e. The average molecular weight is 368 g/mol. The van der Waals surface area contributed by atoms with Crippen molar-refractivity contribution in [1.29, 1.82) is 0 Å². The Labute approximate surface area is 159 Å². The van der Waals surface area contributed by atoms with Crippen molar-refractivity contribution in [2.75, 3.05) is 5.32 Å². The highest BCUT2D eigenvalue weighted by Gasteiger charge is 2.56. The number of para-hydroxylation sites is 1. The molecular formula is C22H25FN2O2. The molecule has 0 bridgehead atoms. The molecule has 5 heteroatoms. The van der Waals surface area contributed by atoms with Gasteiger partial charge >= 0.3 is 0 Å². The fourth-order valence-corrected chi connectivity index (χ4v) is 3.27. The van der Waals surface area contributed by atoms with E-state index in [0.29, 0.717) is 12.8 Å². The van der Waals surface area contributed by atoms with Gasteiger partial charge in [-0.3, -0.25) is 9.59 Å². The quantitative estimate of drug-likeness (QED) is 0.726. The molecule has 1 saturated carbocycles. The van der Waals surface area contributed by atoms with Crippen LogP contribution in [0.25, 0.3) is 0 Å². The first-order valence-corrected chi connectivity index (χ1v) is 9.45. The zero-order valence-corrected chi connectivity index (χ0v) is 15.8. The molecule has 142 valence electrons. The van der Waals surface area contributed by atoms with E-state index in [2.05, 4.69) is 10.6 Å². The molecule has 4 nitrogen and oxygen atoms in total. The summed E-state index contributed by atoms with van der Waals surface area (Å²) in [7, 11) is 0. The third-order valence-corrected chi connectivity index (χ3v) is 5.22. The summed E-state index contributed by atoms with van der Waals surface area (Å²) in [6.45, 7) is 4.37. The van der Waals surface area contributed by atoms with Crippen molar-refractivity contribution in [2.45, 2.75) is 46.1 Å². The summed E-state index contributed by atoms with van der Waals surface area (Å²) < 4.78 is 13.0. The van der Waals surface area contributed by atoms with Crippen LogP contribution in [0, 0.1) is 11.2 Å². The lowest BCUT2D eigenvalue weighted by molar-refractivity contribution is -0.134. The summed E-state index contributed by atoms with van der Waals surface area (Å²) in [5, 5.41) is 5.84. The number of hydrogen-bond acceptors (Lipinski definition) is 2. The van der Waals surface area contributed by atoms with E-state index in [0.717, 1.165) is 35.2 Å². The summed E-state index contributed by atoms with van der Waals surface area (Å²) in [5.41, 5.74) is 2.79. The molecule has 27 heavy (non-hydrogen) atoms. The third kappa shape index (κ3) is 4.02. The van der Waals surface area contributed by atoms with Crippen LogP contribution in [-0.4, -0.2) is 11.8 Å². The maximum atomic E-state index is 13.0. The smallest absolute Gasteiger partial charge is 0.240 e. The van der Waals surface area contributed by atoms with Gasteiger partial charge in [0.15, 0.2) is 0 Å². The second-order valence-corrected chi connectivity index (χ2v) is 7.00. The molecular weight excluding hydrogens is 343 g/mol. The Morgan fingerprint density at radius 3 is 2.07 bits per heavy atom. The minimum absolute atomic E-state index is 0.241. The second-order valence-electron chi connectivity index (χ2n) is 7.00. The van der Waals surface area contributed by atoms with E-state index in [1.54, 1.807) is 12.1 Å². The minimum Gasteiger partial charge on any atom is -0.351 e. The van der Waals surface area contributed by atoms with Crippen LogP contribution >= 0.6 is 0 Å². The van der Waals surface area contributed by atoms with Crippen molar-refractivity contribution < 1.29 is 14.0 Å². The second kappa shape index (κ2) is 7.91. The van der Waals surface area contributed by atoms with Gasteiger partial charge in [-0.05, 0) is 54.5 Å². The van der Waals surface area contributed by atoms with Crippen LogP contribution in [0.3, 0.4) is 0 Å². The van der Waals surface area contributed by atoms with Gasteiger partial charge in [0.2, 0.25) is 11.8 Å². The standard InChI is InChI=1S/C22H25FN2O2/c1-3-16-6-5-7-17(4-2)19(16)25-21(27)22(12-13-22)20(26)24-14-15-8-10-18(23)11-9-15/h5-11H,3-4,12-14H2,1-2H3,(H,24,26)(H,25,27). The predicted octanol–water partition coefficient (Wildman–Crippen LogP) is 3.99.